The zero-order valence-electron chi connectivity index (χ0n) is 12.1. The van der Waals surface area contributed by atoms with Crippen molar-refractivity contribution in [2.24, 2.45) is 5.92 Å². The molecule has 116 valence electrons. The summed E-state index contributed by atoms with van der Waals surface area (Å²) in [7, 11) is 0. The third-order valence-corrected chi connectivity index (χ3v) is 5.26. The lowest BCUT2D eigenvalue weighted by Crippen LogP contribution is -2.28. The summed E-state index contributed by atoms with van der Waals surface area (Å²) in [5.41, 5.74) is -0.0768. The summed E-state index contributed by atoms with van der Waals surface area (Å²) >= 11 is 2.73. The number of hydrogen-bond donors (Lipinski definition) is 1. The average molecular weight is 335 g/mol. The molecular formula is C15H17N3O2S2. The van der Waals surface area contributed by atoms with E-state index in [0.29, 0.717) is 27.8 Å². The van der Waals surface area contributed by atoms with Crippen LogP contribution in [0.5, 0.6) is 0 Å². The Morgan fingerprint density at radius 2 is 2.41 bits per heavy atom. The van der Waals surface area contributed by atoms with Crippen LogP contribution < -0.4 is 10.9 Å². The average Bonchev–Trinajstić information content (AvgIpc) is 3.22. The van der Waals surface area contributed by atoms with E-state index in [1.165, 1.54) is 35.9 Å². The number of thiophene rings is 1. The van der Waals surface area contributed by atoms with Crippen LogP contribution in [0.15, 0.2) is 34.1 Å². The molecule has 1 amide bonds. The highest BCUT2D eigenvalue weighted by molar-refractivity contribution is 7.99. The van der Waals surface area contributed by atoms with E-state index in [2.05, 4.69) is 16.9 Å². The van der Waals surface area contributed by atoms with Gasteiger partial charge in [0.05, 0.1) is 11.1 Å². The molecule has 7 heteroatoms. The number of nitrogens with zero attached hydrogens (tertiary/aromatic N) is 2. The van der Waals surface area contributed by atoms with Gasteiger partial charge in [0.25, 0.3) is 5.56 Å². The lowest BCUT2D eigenvalue weighted by Gasteiger charge is -2.10. The fourth-order valence-corrected chi connectivity index (χ4v) is 3.74. The van der Waals surface area contributed by atoms with Gasteiger partial charge >= 0.3 is 0 Å². The second-order valence-corrected chi connectivity index (χ2v) is 7.11. The Morgan fingerprint density at radius 1 is 1.59 bits per heavy atom. The van der Waals surface area contributed by atoms with Crippen molar-refractivity contribution in [3.05, 3.63) is 34.5 Å². The summed E-state index contributed by atoms with van der Waals surface area (Å²) in [5.74, 6) is 0.920. The molecule has 2 heterocycles. The van der Waals surface area contributed by atoms with Crippen molar-refractivity contribution >= 4 is 39.2 Å². The SMILES string of the molecule is C=CCn1c(SCC(=O)NCC2CC2)nc2sccc2c1=O. The minimum Gasteiger partial charge on any atom is -0.355 e. The maximum absolute atomic E-state index is 12.4. The largest absolute Gasteiger partial charge is 0.355 e. The normalized spacial score (nSPS) is 14.2. The molecule has 0 atom stereocenters. The molecule has 0 bridgehead atoms. The molecule has 0 unspecified atom stereocenters. The van der Waals surface area contributed by atoms with Gasteiger partial charge in [-0.05, 0) is 30.2 Å². The number of hydrogen-bond acceptors (Lipinski definition) is 5. The summed E-state index contributed by atoms with van der Waals surface area (Å²) in [5, 5.41) is 5.97. The molecule has 1 fully saturated rings. The van der Waals surface area contributed by atoms with Crippen LogP contribution in [0, 0.1) is 5.92 Å². The molecule has 3 rings (SSSR count). The molecule has 2 aromatic rings. The molecule has 1 aliphatic carbocycles. The van der Waals surface area contributed by atoms with E-state index in [1.807, 2.05) is 5.38 Å². The number of amides is 1. The van der Waals surface area contributed by atoms with Crippen LogP contribution in [0.1, 0.15) is 12.8 Å². The first-order valence-electron chi connectivity index (χ1n) is 7.17. The Kier molecular flexibility index (Phi) is 4.63. The molecule has 1 saturated carbocycles. The fourth-order valence-electron chi connectivity index (χ4n) is 2.09. The van der Waals surface area contributed by atoms with Gasteiger partial charge in [0.1, 0.15) is 4.83 Å². The van der Waals surface area contributed by atoms with Crippen molar-refractivity contribution in [3.8, 4) is 0 Å². The van der Waals surface area contributed by atoms with Crippen LogP contribution in [-0.4, -0.2) is 27.8 Å². The van der Waals surface area contributed by atoms with Gasteiger partial charge < -0.3 is 5.32 Å². The zero-order chi connectivity index (χ0) is 15.5. The summed E-state index contributed by atoms with van der Waals surface area (Å²) in [6, 6.07) is 1.78. The molecule has 0 spiro atoms. The Balaban J connectivity index is 1.75. The lowest BCUT2D eigenvalue weighted by atomic mass is 10.4. The smallest absolute Gasteiger partial charge is 0.263 e. The highest BCUT2D eigenvalue weighted by atomic mass is 32.2. The first kappa shape index (κ1) is 15.3. The minimum atomic E-state index is -0.0768. The van der Waals surface area contributed by atoms with E-state index in [9.17, 15) is 9.59 Å². The summed E-state index contributed by atoms with van der Waals surface area (Å²) in [6.07, 6.45) is 4.09. The number of fused-ring (bicyclic) bond motifs is 1. The van der Waals surface area contributed by atoms with Crippen molar-refractivity contribution in [3.63, 3.8) is 0 Å². The van der Waals surface area contributed by atoms with Gasteiger partial charge in [0.15, 0.2) is 5.16 Å². The third-order valence-electron chi connectivity index (χ3n) is 3.48. The summed E-state index contributed by atoms with van der Waals surface area (Å²) < 4.78 is 1.57. The first-order chi connectivity index (χ1) is 10.7. The molecule has 0 aliphatic heterocycles. The molecule has 22 heavy (non-hydrogen) atoms. The van der Waals surface area contributed by atoms with Gasteiger partial charge in [0.2, 0.25) is 5.91 Å². The van der Waals surface area contributed by atoms with Crippen LogP contribution in [0.25, 0.3) is 10.2 Å². The topological polar surface area (TPSA) is 64.0 Å². The Morgan fingerprint density at radius 3 is 3.14 bits per heavy atom. The highest BCUT2D eigenvalue weighted by Crippen LogP contribution is 2.27. The number of carbonyl (C=O) groups is 1. The van der Waals surface area contributed by atoms with Gasteiger partial charge in [-0.3, -0.25) is 14.2 Å². The van der Waals surface area contributed by atoms with Crippen LogP contribution in [0.2, 0.25) is 0 Å². The second kappa shape index (κ2) is 6.66. The van der Waals surface area contributed by atoms with E-state index < -0.39 is 0 Å². The third kappa shape index (κ3) is 3.41. The molecular weight excluding hydrogens is 318 g/mol. The minimum absolute atomic E-state index is 0.0115. The van der Waals surface area contributed by atoms with Crippen molar-refractivity contribution in [2.45, 2.75) is 24.5 Å². The zero-order valence-corrected chi connectivity index (χ0v) is 13.7. The van der Waals surface area contributed by atoms with Crippen molar-refractivity contribution in [1.82, 2.24) is 14.9 Å². The van der Waals surface area contributed by atoms with Crippen LogP contribution in [0.3, 0.4) is 0 Å². The number of carbonyl (C=O) groups excluding carboxylic acids is 1. The monoisotopic (exact) mass is 335 g/mol. The van der Waals surface area contributed by atoms with Gasteiger partial charge in [-0.25, -0.2) is 4.98 Å². The summed E-state index contributed by atoms with van der Waals surface area (Å²) in [6.45, 7) is 4.84. The van der Waals surface area contributed by atoms with Crippen molar-refractivity contribution < 1.29 is 4.79 Å². The van der Waals surface area contributed by atoms with E-state index >= 15 is 0 Å². The Bertz CT molecular complexity index is 762. The molecule has 1 N–H and O–H groups in total. The quantitative estimate of drug-likeness (QED) is 0.479. The first-order valence-corrected chi connectivity index (χ1v) is 9.04. The molecule has 1 aliphatic rings. The van der Waals surface area contributed by atoms with E-state index in [4.69, 9.17) is 0 Å². The fraction of sp³-hybridized carbons (Fsp3) is 0.400. The maximum atomic E-state index is 12.4. The molecule has 2 aromatic heterocycles. The van der Waals surface area contributed by atoms with Gasteiger partial charge in [-0.2, -0.15) is 0 Å². The Hall–Kier alpha value is -1.60. The molecule has 0 aromatic carbocycles. The number of thioether (sulfide) groups is 1. The number of aromatic nitrogens is 2. The number of rotatable bonds is 7. The van der Waals surface area contributed by atoms with E-state index in [0.717, 1.165) is 6.54 Å². The standard InChI is InChI=1S/C15H17N3O2S2/c1-2-6-18-14(20)11-5-7-21-13(11)17-15(18)22-9-12(19)16-8-10-3-4-10/h2,5,7,10H,1,3-4,6,8-9H2,(H,16,19). The Labute approximate surface area is 136 Å². The number of nitrogens with one attached hydrogen (secondary N) is 1. The van der Waals surface area contributed by atoms with Crippen LogP contribution in [0.4, 0.5) is 0 Å². The second-order valence-electron chi connectivity index (χ2n) is 5.27. The predicted octanol–water partition coefficient (Wildman–Crippen LogP) is 2.26. The highest BCUT2D eigenvalue weighted by Gasteiger charge is 2.21. The lowest BCUT2D eigenvalue weighted by molar-refractivity contribution is -0.118. The maximum Gasteiger partial charge on any atom is 0.263 e. The molecule has 5 nitrogen and oxygen atoms in total. The van der Waals surface area contributed by atoms with Gasteiger partial charge in [-0.1, -0.05) is 17.8 Å². The van der Waals surface area contributed by atoms with E-state index in [-0.39, 0.29) is 17.2 Å². The molecule has 0 radical (unpaired) electrons. The van der Waals surface area contributed by atoms with Crippen molar-refractivity contribution in [2.75, 3.05) is 12.3 Å². The van der Waals surface area contributed by atoms with Crippen LogP contribution >= 0.6 is 23.1 Å². The van der Waals surface area contributed by atoms with Crippen molar-refractivity contribution in [1.29, 1.82) is 0 Å². The van der Waals surface area contributed by atoms with Crippen LogP contribution in [-0.2, 0) is 11.3 Å². The predicted molar refractivity (Wildman–Crippen MR) is 90.5 cm³/mol. The summed E-state index contributed by atoms with van der Waals surface area (Å²) in [4.78, 5) is 29.5. The van der Waals surface area contributed by atoms with Gasteiger partial charge in [0, 0.05) is 13.1 Å². The number of allylic oxidation sites excluding steroid dienone is 1. The van der Waals surface area contributed by atoms with E-state index in [1.54, 1.807) is 16.7 Å². The van der Waals surface area contributed by atoms with Gasteiger partial charge in [-0.15, -0.1) is 17.9 Å². The molecule has 0 saturated heterocycles.